The molecule has 0 saturated heterocycles. The van der Waals surface area contributed by atoms with Crippen LogP contribution in [0.15, 0.2) is 0 Å². The van der Waals surface area contributed by atoms with Crippen molar-refractivity contribution >= 4 is 0 Å². The maximum Gasteiger partial charge on any atom is -0.0213 e. The van der Waals surface area contributed by atoms with E-state index in [2.05, 4.69) is 27.7 Å². The van der Waals surface area contributed by atoms with Crippen LogP contribution in [0.1, 0.15) is 79.1 Å². The second-order valence-corrected chi connectivity index (χ2v) is 4.36. The van der Waals surface area contributed by atoms with Gasteiger partial charge in [-0.2, -0.15) is 0 Å². The highest BCUT2D eigenvalue weighted by atomic mass is 14.2. The number of hydrogen-bond donors (Lipinski definition) is 0. The lowest BCUT2D eigenvalue weighted by atomic mass is 9.81. The Morgan fingerprint density at radius 3 is 2.00 bits per heavy atom. The Balaban J connectivity index is 3.87. The number of rotatable bonds is 9. The molecule has 0 aliphatic rings. The Hall–Kier alpha value is 0. The molecule has 0 aromatic rings. The molecule has 0 bridgehead atoms. The Morgan fingerprint density at radius 1 is 0.929 bits per heavy atom. The van der Waals surface area contributed by atoms with Gasteiger partial charge < -0.3 is 0 Å². The SMILES string of the molecule is CCCC[C](CC)C(CC)CCCC. The summed E-state index contributed by atoms with van der Waals surface area (Å²) in [6.45, 7) is 9.27. The lowest BCUT2D eigenvalue weighted by Gasteiger charge is -2.24. The first-order chi connectivity index (χ1) is 6.79. The van der Waals surface area contributed by atoms with E-state index in [1.165, 1.54) is 51.4 Å². The van der Waals surface area contributed by atoms with E-state index < -0.39 is 0 Å². The van der Waals surface area contributed by atoms with E-state index >= 15 is 0 Å². The first kappa shape index (κ1) is 14.0. The Morgan fingerprint density at radius 2 is 1.57 bits per heavy atom. The summed E-state index contributed by atoms with van der Waals surface area (Å²) >= 11 is 0. The van der Waals surface area contributed by atoms with Gasteiger partial charge in [-0.25, -0.2) is 0 Å². The normalized spacial score (nSPS) is 13.5. The highest BCUT2D eigenvalue weighted by Crippen LogP contribution is 2.30. The van der Waals surface area contributed by atoms with Crippen LogP contribution in [0.3, 0.4) is 0 Å². The molecule has 0 heteroatoms. The zero-order valence-electron chi connectivity index (χ0n) is 10.7. The van der Waals surface area contributed by atoms with Gasteiger partial charge in [0.2, 0.25) is 0 Å². The lowest BCUT2D eigenvalue weighted by molar-refractivity contribution is 0.421. The minimum absolute atomic E-state index is 0.923. The van der Waals surface area contributed by atoms with Gasteiger partial charge in [-0.3, -0.25) is 0 Å². The van der Waals surface area contributed by atoms with E-state index in [4.69, 9.17) is 0 Å². The fraction of sp³-hybridized carbons (Fsp3) is 0.929. The highest BCUT2D eigenvalue weighted by Gasteiger charge is 2.17. The van der Waals surface area contributed by atoms with Gasteiger partial charge in [0.15, 0.2) is 0 Å². The molecule has 0 aromatic carbocycles. The van der Waals surface area contributed by atoms with Crippen LogP contribution in [0.25, 0.3) is 0 Å². The summed E-state index contributed by atoms with van der Waals surface area (Å²) in [5, 5.41) is 0. The van der Waals surface area contributed by atoms with E-state index in [1.807, 2.05) is 5.92 Å². The van der Waals surface area contributed by atoms with E-state index in [9.17, 15) is 0 Å². The maximum atomic E-state index is 2.35. The van der Waals surface area contributed by atoms with Gasteiger partial charge in [0.05, 0.1) is 0 Å². The van der Waals surface area contributed by atoms with E-state index in [1.54, 1.807) is 0 Å². The zero-order valence-corrected chi connectivity index (χ0v) is 10.7. The quantitative estimate of drug-likeness (QED) is 0.465. The molecule has 1 atom stereocenters. The van der Waals surface area contributed by atoms with Crippen LogP contribution in [0.2, 0.25) is 0 Å². The van der Waals surface area contributed by atoms with Gasteiger partial charge in [0, 0.05) is 0 Å². The number of unbranched alkanes of at least 4 members (excludes halogenated alkanes) is 2. The molecule has 0 N–H and O–H groups in total. The van der Waals surface area contributed by atoms with Crippen molar-refractivity contribution in [3.63, 3.8) is 0 Å². The predicted molar refractivity (Wildman–Crippen MR) is 66.4 cm³/mol. The molecule has 0 aliphatic carbocycles. The third-order valence-corrected chi connectivity index (χ3v) is 3.28. The Kier molecular flexibility index (Phi) is 9.55. The molecule has 0 saturated carbocycles. The van der Waals surface area contributed by atoms with E-state index in [-0.39, 0.29) is 0 Å². The molecule has 0 aromatic heterocycles. The molecule has 85 valence electrons. The number of hydrogen-bond acceptors (Lipinski definition) is 0. The summed E-state index contributed by atoms with van der Waals surface area (Å²) in [4.78, 5) is 0. The third-order valence-electron chi connectivity index (χ3n) is 3.28. The van der Waals surface area contributed by atoms with Gasteiger partial charge in [-0.15, -0.1) is 0 Å². The van der Waals surface area contributed by atoms with Gasteiger partial charge in [-0.05, 0) is 31.1 Å². The average molecular weight is 197 g/mol. The lowest BCUT2D eigenvalue weighted by Crippen LogP contribution is -2.11. The van der Waals surface area contributed by atoms with Gasteiger partial charge in [-0.1, -0.05) is 59.8 Å². The maximum absolute atomic E-state index is 2.35. The summed E-state index contributed by atoms with van der Waals surface area (Å²) < 4.78 is 0. The molecule has 0 fully saturated rings. The first-order valence-electron chi connectivity index (χ1n) is 6.64. The monoisotopic (exact) mass is 197 g/mol. The van der Waals surface area contributed by atoms with Crippen molar-refractivity contribution in [1.29, 1.82) is 0 Å². The summed E-state index contributed by atoms with van der Waals surface area (Å²) in [6, 6.07) is 0. The van der Waals surface area contributed by atoms with Crippen molar-refractivity contribution < 1.29 is 0 Å². The van der Waals surface area contributed by atoms with Gasteiger partial charge >= 0.3 is 0 Å². The van der Waals surface area contributed by atoms with Crippen molar-refractivity contribution in [3.8, 4) is 0 Å². The van der Waals surface area contributed by atoms with E-state index in [0.29, 0.717) is 0 Å². The minimum Gasteiger partial charge on any atom is -0.0654 e. The van der Waals surface area contributed by atoms with Crippen molar-refractivity contribution in [3.05, 3.63) is 5.92 Å². The minimum atomic E-state index is 0.923. The summed E-state index contributed by atoms with van der Waals surface area (Å²) in [7, 11) is 0. The fourth-order valence-corrected chi connectivity index (χ4v) is 2.22. The van der Waals surface area contributed by atoms with Crippen LogP contribution < -0.4 is 0 Å². The Labute approximate surface area is 91.5 Å². The first-order valence-corrected chi connectivity index (χ1v) is 6.64. The molecule has 1 radical (unpaired) electrons. The average Bonchev–Trinajstić information content (AvgIpc) is 2.23. The van der Waals surface area contributed by atoms with Crippen LogP contribution in [0.5, 0.6) is 0 Å². The summed E-state index contributed by atoms with van der Waals surface area (Å²) in [6.07, 6.45) is 11.0. The summed E-state index contributed by atoms with van der Waals surface area (Å²) in [5.74, 6) is 2.76. The molecule has 1 unspecified atom stereocenters. The molecule has 0 heterocycles. The molecule has 0 aliphatic heterocycles. The standard InChI is InChI=1S/C14H29/c1-5-9-11-13(7-3)14(8-4)12-10-6-2/h13H,5-12H2,1-4H3. The smallest absolute Gasteiger partial charge is 0.0213 e. The van der Waals surface area contributed by atoms with Crippen molar-refractivity contribution in [2.24, 2.45) is 5.92 Å². The van der Waals surface area contributed by atoms with E-state index in [0.717, 1.165) is 5.92 Å². The predicted octanol–water partition coefficient (Wildman–Crippen LogP) is 5.38. The van der Waals surface area contributed by atoms with Crippen LogP contribution in [-0.4, -0.2) is 0 Å². The largest absolute Gasteiger partial charge is 0.0654 e. The highest BCUT2D eigenvalue weighted by molar-refractivity contribution is 4.94. The van der Waals surface area contributed by atoms with Crippen LogP contribution >= 0.6 is 0 Å². The van der Waals surface area contributed by atoms with Crippen molar-refractivity contribution in [2.45, 2.75) is 79.1 Å². The van der Waals surface area contributed by atoms with Gasteiger partial charge in [0.1, 0.15) is 0 Å². The van der Waals surface area contributed by atoms with Crippen molar-refractivity contribution in [1.82, 2.24) is 0 Å². The summed E-state index contributed by atoms with van der Waals surface area (Å²) in [5.41, 5.74) is 0. The van der Waals surface area contributed by atoms with Crippen LogP contribution in [0, 0.1) is 11.8 Å². The third kappa shape index (κ3) is 5.67. The Bertz CT molecular complexity index is 92.6. The van der Waals surface area contributed by atoms with Crippen LogP contribution in [-0.2, 0) is 0 Å². The van der Waals surface area contributed by atoms with Gasteiger partial charge in [0.25, 0.3) is 0 Å². The topological polar surface area (TPSA) is 0 Å². The second-order valence-electron chi connectivity index (χ2n) is 4.36. The zero-order chi connectivity index (χ0) is 10.8. The van der Waals surface area contributed by atoms with Crippen LogP contribution in [0.4, 0.5) is 0 Å². The molecular weight excluding hydrogens is 168 g/mol. The molecule has 0 rings (SSSR count). The fourth-order valence-electron chi connectivity index (χ4n) is 2.22. The molecule has 0 amide bonds. The molecule has 0 spiro atoms. The molecular formula is C14H29. The van der Waals surface area contributed by atoms with Crippen molar-refractivity contribution in [2.75, 3.05) is 0 Å². The molecule has 0 nitrogen and oxygen atoms in total. The molecule has 14 heavy (non-hydrogen) atoms. The second kappa shape index (κ2) is 9.55.